The van der Waals surface area contributed by atoms with Crippen molar-refractivity contribution in [2.24, 2.45) is 0 Å². The van der Waals surface area contributed by atoms with Crippen LogP contribution in [0.5, 0.6) is 0 Å². The normalized spacial score (nSPS) is 12.0. The Morgan fingerprint density at radius 1 is 1.50 bits per heavy atom. The first-order valence-corrected chi connectivity index (χ1v) is 8.54. The molecule has 0 radical (unpaired) electrons. The minimum Gasteiger partial charge on any atom is -0.464 e. The van der Waals surface area contributed by atoms with E-state index in [9.17, 15) is 8.78 Å². The number of hydrogen-bond acceptors (Lipinski definition) is 6. The van der Waals surface area contributed by atoms with Crippen molar-refractivity contribution in [3.05, 3.63) is 40.3 Å². The Balaban J connectivity index is 2.59. The van der Waals surface area contributed by atoms with Crippen LogP contribution >= 0.6 is 35.6 Å². The molecule has 0 fully saturated rings. The van der Waals surface area contributed by atoms with Gasteiger partial charge in [0.1, 0.15) is 11.2 Å². The molecule has 24 heavy (non-hydrogen) atoms. The highest BCUT2D eigenvalue weighted by atomic mass is 35.5. The molecular weight excluding hydrogens is 378 g/mol. The third-order valence-corrected chi connectivity index (χ3v) is 4.24. The van der Waals surface area contributed by atoms with Crippen molar-refractivity contribution in [1.29, 1.82) is 5.26 Å². The van der Waals surface area contributed by atoms with E-state index in [-0.39, 0.29) is 26.6 Å². The van der Waals surface area contributed by atoms with Gasteiger partial charge in [0.25, 0.3) is 6.43 Å². The Hall–Kier alpha value is -1.76. The van der Waals surface area contributed by atoms with Crippen LogP contribution in [-0.4, -0.2) is 31.8 Å². The monoisotopic (exact) mass is 388 g/mol. The second kappa shape index (κ2) is 7.88. The number of halogens is 3. The Morgan fingerprint density at radius 3 is 2.75 bits per heavy atom. The average molecular weight is 389 g/mol. The maximum atomic E-state index is 13.5. The van der Waals surface area contributed by atoms with Gasteiger partial charge in [-0.3, -0.25) is 0 Å². The molecule has 2 aromatic rings. The number of aryl methyl sites for hydroxylation is 1. The molecule has 5 nitrogen and oxygen atoms in total. The van der Waals surface area contributed by atoms with E-state index in [4.69, 9.17) is 33.8 Å². The smallest absolute Gasteiger partial charge is 0.279 e. The number of aromatic nitrogens is 3. The van der Waals surface area contributed by atoms with E-state index < -0.39 is 12.5 Å². The molecule has 2 rings (SSSR count). The van der Waals surface area contributed by atoms with E-state index in [2.05, 4.69) is 10.1 Å². The number of nitriles is 1. The van der Waals surface area contributed by atoms with Crippen molar-refractivity contribution in [1.82, 2.24) is 14.8 Å². The molecule has 0 aromatic carbocycles. The summed E-state index contributed by atoms with van der Waals surface area (Å²) in [6.07, 6.45) is -2.84. The average Bonchev–Trinajstić information content (AvgIpc) is 2.93. The number of hydrogen-bond donors (Lipinski definition) is 0. The van der Waals surface area contributed by atoms with Crippen LogP contribution in [0.3, 0.4) is 0 Å². The number of ether oxygens (including phenoxy) is 1. The lowest BCUT2D eigenvalue weighted by Gasteiger charge is -2.20. The molecule has 1 atom stereocenters. The van der Waals surface area contributed by atoms with E-state index in [0.717, 1.165) is 11.8 Å². The molecule has 0 saturated carbocycles. The fourth-order valence-corrected chi connectivity index (χ4v) is 2.42. The third-order valence-electron chi connectivity index (χ3n) is 3.00. The minimum absolute atomic E-state index is 0.0175. The molecule has 0 spiro atoms. The van der Waals surface area contributed by atoms with Gasteiger partial charge in [-0.15, -0.1) is 0 Å². The highest BCUT2D eigenvalue weighted by molar-refractivity contribution is 8.22. The summed E-state index contributed by atoms with van der Waals surface area (Å²) in [7, 11) is 0. The summed E-state index contributed by atoms with van der Waals surface area (Å²) in [5.74, 6) is 0.0655. The predicted molar refractivity (Wildman–Crippen MR) is 91.8 cm³/mol. The molecule has 0 aliphatic carbocycles. The van der Waals surface area contributed by atoms with E-state index in [1.807, 2.05) is 6.07 Å². The van der Waals surface area contributed by atoms with Crippen molar-refractivity contribution >= 4 is 40.0 Å². The number of thioether (sulfide) groups is 1. The molecule has 2 aromatic heterocycles. The molecule has 10 heteroatoms. The Kier molecular flexibility index (Phi) is 6.10. The molecule has 0 aliphatic rings. The van der Waals surface area contributed by atoms with Crippen LogP contribution in [-0.2, 0) is 4.74 Å². The fraction of sp³-hybridized carbons (Fsp3) is 0.286. The van der Waals surface area contributed by atoms with Crippen molar-refractivity contribution in [3.8, 4) is 11.9 Å². The van der Waals surface area contributed by atoms with E-state index in [1.54, 1.807) is 13.2 Å². The van der Waals surface area contributed by atoms with Crippen LogP contribution in [0.25, 0.3) is 5.82 Å². The number of alkyl halides is 2. The van der Waals surface area contributed by atoms with E-state index in [1.165, 1.54) is 22.9 Å². The van der Waals surface area contributed by atoms with Gasteiger partial charge in [0.2, 0.25) is 4.38 Å². The van der Waals surface area contributed by atoms with Gasteiger partial charge in [-0.05, 0) is 43.6 Å². The molecule has 1 unspecified atom stereocenters. The van der Waals surface area contributed by atoms with Crippen LogP contribution in [0.4, 0.5) is 8.78 Å². The SMILES string of the molecule is CSC(=S)OC(c1ccc(Cl)nc1-n1nc(C#N)cc1C)C(F)F. The summed E-state index contributed by atoms with van der Waals surface area (Å²) in [5, 5.41) is 13.1. The lowest BCUT2D eigenvalue weighted by Crippen LogP contribution is -2.19. The van der Waals surface area contributed by atoms with Crippen LogP contribution in [0.2, 0.25) is 5.15 Å². The Bertz CT molecular complexity index is 807. The van der Waals surface area contributed by atoms with Gasteiger partial charge in [-0.1, -0.05) is 23.4 Å². The molecular formula is C14H11ClF2N4OS2. The second-order valence-electron chi connectivity index (χ2n) is 4.57. The number of thiocarbonyl (C=S) groups is 1. The lowest BCUT2D eigenvalue weighted by molar-refractivity contribution is 0.00721. The molecule has 0 saturated heterocycles. The standard InChI is InChI=1S/C14H11ClF2N4OS2/c1-7-5-8(6-18)20-21(7)13-9(3-4-10(15)19-13)11(12(16)17)22-14(23)24-2/h3-5,11-12H,1-2H3. The van der Waals surface area contributed by atoms with Crippen molar-refractivity contribution in [2.75, 3.05) is 6.26 Å². The van der Waals surface area contributed by atoms with Crippen LogP contribution < -0.4 is 0 Å². The van der Waals surface area contributed by atoms with Gasteiger partial charge in [-0.2, -0.15) is 10.4 Å². The van der Waals surface area contributed by atoms with Gasteiger partial charge in [-0.25, -0.2) is 18.4 Å². The highest BCUT2D eigenvalue weighted by Crippen LogP contribution is 2.31. The van der Waals surface area contributed by atoms with Gasteiger partial charge in [0.15, 0.2) is 17.6 Å². The second-order valence-corrected chi connectivity index (χ2v) is 6.36. The van der Waals surface area contributed by atoms with Gasteiger partial charge < -0.3 is 4.74 Å². The van der Waals surface area contributed by atoms with Crippen molar-refractivity contribution in [2.45, 2.75) is 19.5 Å². The number of rotatable bonds is 4. The van der Waals surface area contributed by atoms with Gasteiger partial charge >= 0.3 is 0 Å². The van der Waals surface area contributed by atoms with E-state index in [0.29, 0.717) is 5.69 Å². The summed E-state index contributed by atoms with van der Waals surface area (Å²) in [6.45, 7) is 1.67. The first-order valence-electron chi connectivity index (χ1n) is 6.53. The van der Waals surface area contributed by atoms with Crippen LogP contribution in [0.1, 0.15) is 23.1 Å². The fourth-order valence-electron chi connectivity index (χ4n) is 1.97. The first kappa shape index (κ1) is 18.6. The largest absolute Gasteiger partial charge is 0.464 e. The quantitative estimate of drug-likeness (QED) is 0.581. The lowest BCUT2D eigenvalue weighted by atomic mass is 10.1. The number of nitrogens with zero attached hydrogens (tertiary/aromatic N) is 4. The summed E-state index contributed by atoms with van der Waals surface area (Å²) in [4.78, 5) is 4.08. The molecule has 0 amide bonds. The predicted octanol–water partition coefficient (Wildman–Crippen LogP) is 4.07. The molecule has 0 bridgehead atoms. The summed E-state index contributed by atoms with van der Waals surface area (Å²) >= 11 is 11.8. The summed E-state index contributed by atoms with van der Waals surface area (Å²) in [5.41, 5.74) is 0.749. The minimum atomic E-state index is -2.84. The van der Waals surface area contributed by atoms with E-state index >= 15 is 0 Å². The molecule has 126 valence electrons. The third kappa shape index (κ3) is 4.01. The number of pyridine rings is 1. The van der Waals surface area contributed by atoms with Crippen LogP contribution in [0, 0.1) is 18.3 Å². The first-order chi connectivity index (χ1) is 11.4. The Morgan fingerprint density at radius 2 is 2.21 bits per heavy atom. The highest BCUT2D eigenvalue weighted by Gasteiger charge is 2.30. The zero-order valence-corrected chi connectivity index (χ0v) is 14.9. The van der Waals surface area contributed by atoms with Crippen molar-refractivity contribution < 1.29 is 13.5 Å². The van der Waals surface area contributed by atoms with Gasteiger partial charge in [0, 0.05) is 11.3 Å². The molecule has 0 aliphatic heterocycles. The van der Waals surface area contributed by atoms with Crippen LogP contribution in [0.15, 0.2) is 18.2 Å². The maximum absolute atomic E-state index is 13.5. The topological polar surface area (TPSA) is 63.7 Å². The van der Waals surface area contributed by atoms with Gasteiger partial charge in [0.05, 0.1) is 0 Å². The Labute approximate surface area is 151 Å². The summed E-state index contributed by atoms with van der Waals surface area (Å²) in [6, 6.07) is 6.17. The zero-order chi connectivity index (χ0) is 17.9. The molecule has 0 N–H and O–H groups in total. The zero-order valence-electron chi connectivity index (χ0n) is 12.5. The molecule has 2 heterocycles. The van der Waals surface area contributed by atoms with Crippen molar-refractivity contribution in [3.63, 3.8) is 0 Å². The maximum Gasteiger partial charge on any atom is 0.279 e. The summed E-state index contributed by atoms with van der Waals surface area (Å²) < 4.78 is 33.5.